The van der Waals surface area contributed by atoms with E-state index >= 15 is 0 Å². The van der Waals surface area contributed by atoms with Crippen molar-refractivity contribution in [2.45, 2.75) is 46.5 Å². The van der Waals surface area contributed by atoms with Gasteiger partial charge in [-0.05, 0) is 63.3 Å². The van der Waals surface area contributed by atoms with Crippen molar-refractivity contribution >= 4 is 27.3 Å². The van der Waals surface area contributed by atoms with Gasteiger partial charge in [-0.3, -0.25) is 0 Å². The molecule has 1 aromatic carbocycles. The van der Waals surface area contributed by atoms with E-state index < -0.39 is 0 Å². The lowest BCUT2D eigenvalue weighted by Crippen LogP contribution is -2.04. The lowest BCUT2D eigenvalue weighted by atomic mass is 9.98. The fourth-order valence-electron chi connectivity index (χ4n) is 2.63. The van der Waals surface area contributed by atoms with E-state index in [1.165, 1.54) is 34.2 Å². The van der Waals surface area contributed by atoms with Gasteiger partial charge in [0.15, 0.2) is 0 Å². The van der Waals surface area contributed by atoms with Crippen LogP contribution in [0.25, 0.3) is 11.1 Å². The number of halogens is 1. The summed E-state index contributed by atoms with van der Waals surface area (Å²) in [7, 11) is 0. The third kappa shape index (κ3) is 6.31. The van der Waals surface area contributed by atoms with Crippen molar-refractivity contribution in [1.82, 2.24) is 0 Å². The molecule has 0 saturated heterocycles. The van der Waals surface area contributed by atoms with Gasteiger partial charge in [-0.25, -0.2) is 0 Å². The highest BCUT2D eigenvalue weighted by atomic mass is 79.9. The van der Waals surface area contributed by atoms with Gasteiger partial charge in [-0.15, -0.1) is 11.3 Å². The zero-order valence-electron chi connectivity index (χ0n) is 14.3. The molecule has 2 rings (SSSR count). The molecular weight excluding hydrogens is 368 g/mol. The van der Waals surface area contributed by atoms with Gasteiger partial charge >= 0.3 is 0 Å². The minimum Gasteiger partial charge on any atom is -0.494 e. The summed E-state index contributed by atoms with van der Waals surface area (Å²) in [4.78, 5) is 0. The average molecular weight is 395 g/mol. The van der Waals surface area contributed by atoms with Crippen molar-refractivity contribution in [2.75, 3.05) is 6.61 Å². The molecule has 3 heteroatoms. The minimum absolute atomic E-state index is 0.745. The Bertz CT molecular complexity index is 574. The molecule has 23 heavy (non-hydrogen) atoms. The standard InChI is InChI=1S/C20H27BrOS/c1-15(2)5-4-6-16(3)11-13-22-18-9-7-17(8-10-18)19-12-14-23-20(19)21/h7-10,12,14-16H,4-6,11,13H2,1-3H3/t16-/m0/s1. The van der Waals surface area contributed by atoms with E-state index in [4.69, 9.17) is 4.74 Å². The van der Waals surface area contributed by atoms with Crippen LogP contribution >= 0.6 is 27.3 Å². The molecule has 0 N–H and O–H groups in total. The van der Waals surface area contributed by atoms with E-state index in [0.29, 0.717) is 0 Å². The smallest absolute Gasteiger partial charge is 0.119 e. The van der Waals surface area contributed by atoms with E-state index in [2.05, 4.69) is 72.4 Å². The summed E-state index contributed by atoms with van der Waals surface area (Å²) < 4.78 is 7.08. The largest absolute Gasteiger partial charge is 0.494 e. The van der Waals surface area contributed by atoms with Crippen molar-refractivity contribution in [3.8, 4) is 16.9 Å². The Labute approximate surface area is 153 Å². The first-order chi connectivity index (χ1) is 11.1. The van der Waals surface area contributed by atoms with Crippen molar-refractivity contribution < 1.29 is 4.74 Å². The zero-order valence-corrected chi connectivity index (χ0v) is 16.8. The van der Waals surface area contributed by atoms with Crippen LogP contribution in [0.5, 0.6) is 5.75 Å². The molecule has 0 bridgehead atoms. The Balaban J connectivity index is 1.73. The summed E-state index contributed by atoms with van der Waals surface area (Å²) in [5, 5.41) is 2.10. The highest BCUT2D eigenvalue weighted by Crippen LogP contribution is 2.33. The first-order valence-corrected chi connectivity index (χ1v) is 10.2. The summed E-state index contributed by atoms with van der Waals surface area (Å²) in [6, 6.07) is 10.6. The van der Waals surface area contributed by atoms with Gasteiger partial charge in [0.2, 0.25) is 0 Å². The Hall–Kier alpha value is -0.800. The molecule has 1 heterocycles. The highest BCUT2D eigenvalue weighted by molar-refractivity contribution is 9.11. The predicted molar refractivity (Wildman–Crippen MR) is 105 cm³/mol. The fraction of sp³-hybridized carbons (Fsp3) is 0.500. The van der Waals surface area contributed by atoms with Crippen LogP contribution in [-0.2, 0) is 0 Å². The van der Waals surface area contributed by atoms with Gasteiger partial charge in [-0.2, -0.15) is 0 Å². The van der Waals surface area contributed by atoms with Crippen LogP contribution < -0.4 is 4.74 Å². The second-order valence-corrected chi connectivity index (χ2v) is 8.93. The molecule has 0 aliphatic heterocycles. The molecule has 0 unspecified atom stereocenters. The van der Waals surface area contributed by atoms with Crippen molar-refractivity contribution in [3.05, 3.63) is 39.5 Å². The van der Waals surface area contributed by atoms with E-state index in [-0.39, 0.29) is 0 Å². The van der Waals surface area contributed by atoms with Gasteiger partial charge in [0.1, 0.15) is 5.75 Å². The number of hydrogen-bond acceptors (Lipinski definition) is 2. The van der Waals surface area contributed by atoms with Gasteiger partial charge in [0.05, 0.1) is 10.4 Å². The number of hydrogen-bond donors (Lipinski definition) is 0. The molecular formula is C20H27BrOS. The van der Waals surface area contributed by atoms with Gasteiger partial charge in [0, 0.05) is 5.56 Å². The van der Waals surface area contributed by atoms with Crippen LogP contribution in [0, 0.1) is 11.8 Å². The van der Waals surface area contributed by atoms with Crippen molar-refractivity contribution in [1.29, 1.82) is 0 Å². The summed E-state index contributed by atoms with van der Waals surface area (Å²) in [5.41, 5.74) is 2.48. The SMILES string of the molecule is CC(C)CCC[C@H](C)CCOc1ccc(-c2ccsc2Br)cc1. The average Bonchev–Trinajstić information content (AvgIpc) is 2.94. The second-order valence-electron chi connectivity index (χ2n) is 6.70. The maximum atomic E-state index is 5.90. The first-order valence-electron chi connectivity index (χ1n) is 8.52. The highest BCUT2D eigenvalue weighted by Gasteiger charge is 2.06. The maximum Gasteiger partial charge on any atom is 0.119 e. The monoisotopic (exact) mass is 394 g/mol. The molecule has 0 radical (unpaired) electrons. The molecule has 0 fully saturated rings. The second kappa shape index (κ2) is 9.48. The Morgan fingerprint density at radius 1 is 1.00 bits per heavy atom. The number of ether oxygens (including phenoxy) is 1. The van der Waals surface area contributed by atoms with E-state index in [1.54, 1.807) is 11.3 Å². The molecule has 1 nitrogen and oxygen atoms in total. The lowest BCUT2D eigenvalue weighted by Gasteiger charge is -2.13. The Morgan fingerprint density at radius 2 is 1.74 bits per heavy atom. The molecule has 2 aromatic rings. The fourth-order valence-corrected chi connectivity index (χ4v) is 3.95. The molecule has 0 amide bonds. The molecule has 1 atom stereocenters. The topological polar surface area (TPSA) is 9.23 Å². The summed E-state index contributed by atoms with van der Waals surface area (Å²) >= 11 is 5.31. The zero-order chi connectivity index (χ0) is 16.7. The molecule has 0 aliphatic carbocycles. The van der Waals surface area contributed by atoms with Crippen LogP contribution in [-0.4, -0.2) is 6.61 Å². The van der Waals surface area contributed by atoms with E-state index in [9.17, 15) is 0 Å². The molecule has 0 spiro atoms. The summed E-state index contributed by atoms with van der Waals surface area (Å²) in [6.45, 7) is 7.74. The lowest BCUT2D eigenvalue weighted by molar-refractivity contribution is 0.276. The maximum absolute atomic E-state index is 5.90. The van der Waals surface area contributed by atoms with Crippen LogP contribution in [0.15, 0.2) is 39.5 Å². The third-order valence-electron chi connectivity index (χ3n) is 4.14. The van der Waals surface area contributed by atoms with Crippen molar-refractivity contribution in [2.24, 2.45) is 11.8 Å². The van der Waals surface area contributed by atoms with Crippen LogP contribution in [0.1, 0.15) is 46.5 Å². The summed E-state index contributed by atoms with van der Waals surface area (Å²) in [5.74, 6) is 2.53. The molecule has 0 saturated carbocycles. The minimum atomic E-state index is 0.745. The summed E-state index contributed by atoms with van der Waals surface area (Å²) in [6.07, 6.45) is 5.12. The Kier molecular flexibility index (Phi) is 7.64. The normalized spacial score (nSPS) is 12.6. The number of rotatable bonds is 9. The third-order valence-corrected chi connectivity index (χ3v) is 5.83. The van der Waals surface area contributed by atoms with Gasteiger partial charge < -0.3 is 4.74 Å². The van der Waals surface area contributed by atoms with E-state index in [1.807, 2.05) is 0 Å². The van der Waals surface area contributed by atoms with Crippen LogP contribution in [0.4, 0.5) is 0 Å². The van der Waals surface area contributed by atoms with E-state index in [0.717, 1.165) is 30.6 Å². The number of benzene rings is 1. The molecule has 1 aromatic heterocycles. The Morgan fingerprint density at radius 3 is 2.35 bits per heavy atom. The number of thiophene rings is 1. The van der Waals surface area contributed by atoms with Gasteiger partial charge in [0.25, 0.3) is 0 Å². The molecule has 0 aliphatic rings. The quantitative estimate of drug-likeness (QED) is 0.430. The van der Waals surface area contributed by atoms with Crippen molar-refractivity contribution in [3.63, 3.8) is 0 Å². The molecule has 126 valence electrons. The van der Waals surface area contributed by atoms with Crippen LogP contribution in [0.3, 0.4) is 0 Å². The first kappa shape index (κ1) is 18.5. The predicted octanol–water partition coefficient (Wildman–Crippen LogP) is 7.41. The van der Waals surface area contributed by atoms with Gasteiger partial charge in [-0.1, -0.05) is 52.2 Å². The van der Waals surface area contributed by atoms with Crippen LogP contribution in [0.2, 0.25) is 0 Å².